The molecule has 0 bridgehead atoms. The Morgan fingerprint density at radius 1 is 1.07 bits per heavy atom. The highest BCUT2D eigenvalue weighted by Gasteiger charge is 2.36. The number of halogens is 3. The molecule has 1 aromatic carbocycles. The van der Waals surface area contributed by atoms with Gasteiger partial charge in [0.15, 0.2) is 0 Å². The van der Waals surface area contributed by atoms with Crippen molar-refractivity contribution in [1.82, 2.24) is 33.5 Å². The Kier molecular flexibility index (Phi) is 6.52. The molecule has 2 aliphatic rings. The maximum absolute atomic E-state index is 14.2. The Morgan fingerprint density at radius 3 is 2.52 bits per heavy atom. The summed E-state index contributed by atoms with van der Waals surface area (Å²) in [6.07, 6.45) is 2.93. The first-order chi connectivity index (χ1) is 19.1. The number of benzene rings is 1. The van der Waals surface area contributed by atoms with Gasteiger partial charge < -0.3 is 9.47 Å². The van der Waals surface area contributed by atoms with Crippen molar-refractivity contribution in [3.63, 3.8) is 0 Å². The molecule has 1 unspecified atom stereocenters. The number of nitrogens with zero attached hydrogens (tertiary/aromatic N) is 7. The number of aryl methyl sites for hydroxylation is 1. The maximum Gasteiger partial charge on any atom is 0.418 e. The molecule has 12 heteroatoms. The second-order valence-corrected chi connectivity index (χ2v) is 10.9. The van der Waals surface area contributed by atoms with Crippen LogP contribution >= 0.6 is 0 Å². The molecule has 1 saturated carbocycles. The Morgan fingerprint density at radius 2 is 1.88 bits per heavy atom. The van der Waals surface area contributed by atoms with Gasteiger partial charge in [-0.1, -0.05) is 18.6 Å². The number of amides is 1. The van der Waals surface area contributed by atoms with Crippen LogP contribution in [0.1, 0.15) is 47.7 Å². The van der Waals surface area contributed by atoms with E-state index >= 15 is 0 Å². The average molecular weight is 554 g/mol. The zero-order chi connectivity index (χ0) is 28.2. The summed E-state index contributed by atoms with van der Waals surface area (Å²) in [5, 5.41) is 8.39. The molecule has 1 saturated heterocycles. The normalized spacial score (nSPS) is 17.9. The monoisotopic (exact) mass is 553 g/mol. The largest absolute Gasteiger partial charge is 0.418 e. The van der Waals surface area contributed by atoms with Gasteiger partial charge in [-0.2, -0.15) is 13.2 Å². The quantitative estimate of drug-likeness (QED) is 0.366. The molecule has 4 heterocycles. The fourth-order valence-electron chi connectivity index (χ4n) is 5.79. The number of carbonyl (C=O) groups is 1. The van der Waals surface area contributed by atoms with Crippen LogP contribution in [-0.2, 0) is 24.6 Å². The Balaban J connectivity index is 1.41. The van der Waals surface area contributed by atoms with Crippen molar-refractivity contribution in [2.24, 2.45) is 13.0 Å². The van der Waals surface area contributed by atoms with Gasteiger partial charge in [0.2, 0.25) is 5.91 Å². The van der Waals surface area contributed by atoms with E-state index < -0.39 is 17.4 Å². The van der Waals surface area contributed by atoms with Crippen LogP contribution in [0.2, 0.25) is 0 Å². The van der Waals surface area contributed by atoms with E-state index in [-0.39, 0.29) is 30.4 Å². The predicted octanol–water partition coefficient (Wildman–Crippen LogP) is 3.44. The Hall–Kier alpha value is -3.93. The van der Waals surface area contributed by atoms with Crippen LogP contribution in [0.4, 0.5) is 13.2 Å². The molecule has 2 fully saturated rings. The zero-order valence-corrected chi connectivity index (χ0v) is 22.3. The fraction of sp³-hybridized carbons (Fsp3) is 0.429. The molecule has 4 aromatic rings. The van der Waals surface area contributed by atoms with Crippen molar-refractivity contribution in [1.29, 1.82) is 0 Å². The van der Waals surface area contributed by atoms with E-state index in [1.807, 2.05) is 29.8 Å². The third-order valence-corrected chi connectivity index (χ3v) is 8.22. The number of fused-ring (bicyclic) bond motifs is 1. The molecule has 6 rings (SSSR count). The van der Waals surface area contributed by atoms with Crippen LogP contribution in [0.15, 0.2) is 53.8 Å². The van der Waals surface area contributed by atoms with E-state index in [9.17, 15) is 22.8 Å². The number of imidazole rings is 1. The highest BCUT2D eigenvalue weighted by Crippen LogP contribution is 2.43. The van der Waals surface area contributed by atoms with Crippen molar-refractivity contribution in [3.8, 4) is 5.69 Å². The van der Waals surface area contributed by atoms with Crippen molar-refractivity contribution < 1.29 is 18.0 Å². The third-order valence-electron chi connectivity index (χ3n) is 8.22. The third kappa shape index (κ3) is 4.70. The van der Waals surface area contributed by atoms with E-state index in [1.54, 1.807) is 29.2 Å². The second kappa shape index (κ2) is 9.92. The topological polar surface area (TPSA) is 80.7 Å². The van der Waals surface area contributed by atoms with E-state index in [0.717, 1.165) is 41.1 Å². The van der Waals surface area contributed by atoms with Gasteiger partial charge in [-0.05, 0) is 48.1 Å². The van der Waals surface area contributed by atoms with E-state index in [0.29, 0.717) is 30.3 Å². The number of pyridine rings is 1. The standard InChI is InChI=1S/C28H30F3N7O2/c1-34-9-10-36(16-24(34)39)13-18-11-22(28(29,30)31)23-15-37(27(40)38(23)14-18)21-8-4-7-20(12-21)25(19-5-3-6-19)26-33-32-17-35(26)2/h4,7-8,11-12,14-15,17,19,25H,3,5-6,9-10,13,16H2,1-2H3. The summed E-state index contributed by atoms with van der Waals surface area (Å²) >= 11 is 0. The van der Waals surface area contributed by atoms with Crippen LogP contribution in [0.3, 0.4) is 0 Å². The number of carbonyl (C=O) groups excluding carboxylic acids is 1. The lowest BCUT2D eigenvalue weighted by Crippen LogP contribution is -2.48. The zero-order valence-electron chi connectivity index (χ0n) is 22.3. The summed E-state index contributed by atoms with van der Waals surface area (Å²) in [6.45, 7) is 1.28. The first-order valence-corrected chi connectivity index (χ1v) is 13.3. The molecule has 3 aromatic heterocycles. The summed E-state index contributed by atoms with van der Waals surface area (Å²) in [5.41, 5.74) is 0.0497. The first-order valence-electron chi connectivity index (χ1n) is 13.3. The minimum Gasteiger partial charge on any atom is -0.343 e. The lowest BCUT2D eigenvalue weighted by Gasteiger charge is -2.33. The van der Waals surface area contributed by atoms with Crippen LogP contribution < -0.4 is 5.69 Å². The predicted molar refractivity (Wildman–Crippen MR) is 141 cm³/mol. The van der Waals surface area contributed by atoms with Crippen LogP contribution in [0.5, 0.6) is 0 Å². The molecular weight excluding hydrogens is 523 g/mol. The van der Waals surface area contributed by atoms with Gasteiger partial charge in [-0.15, -0.1) is 10.2 Å². The van der Waals surface area contributed by atoms with Gasteiger partial charge in [-0.25, -0.2) is 4.79 Å². The molecule has 40 heavy (non-hydrogen) atoms. The summed E-state index contributed by atoms with van der Waals surface area (Å²) < 4.78 is 46.9. The van der Waals surface area contributed by atoms with Gasteiger partial charge in [0.25, 0.3) is 0 Å². The SMILES string of the molecule is CN1CCN(Cc2cc(C(F)(F)F)c3cn(-c4cccc(C(c5nncn5C)C5CCC5)c4)c(=O)n3c2)CC1=O. The molecule has 210 valence electrons. The molecule has 1 aliphatic carbocycles. The van der Waals surface area contributed by atoms with Crippen molar-refractivity contribution in [2.45, 2.75) is 37.9 Å². The summed E-state index contributed by atoms with van der Waals surface area (Å²) in [7, 11) is 3.59. The average Bonchev–Trinajstić information content (AvgIpc) is 3.45. The number of hydrogen-bond donors (Lipinski definition) is 0. The van der Waals surface area contributed by atoms with Crippen LogP contribution in [0.25, 0.3) is 11.2 Å². The summed E-state index contributed by atoms with van der Waals surface area (Å²) in [6, 6.07) is 8.46. The minimum absolute atomic E-state index is 0.0300. The first kappa shape index (κ1) is 26.3. The molecule has 0 N–H and O–H groups in total. The lowest BCUT2D eigenvalue weighted by molar-refractivity contribution is -0.137. The van der Waals surface area contributed by atoms with Crippen LogP contribution in [0, 0.1) is 5.92 Å². The number of aromatic nitrogens is 5. The minimum atomic E-state index is -4.67. The highest BCUT2D eigenvalue weighted by molar-refractivity contribution is 5.78. The Bertz CT molecular complexity index is 1630. The van der Waals surface area contributed by atoms with E-state index in [4.69, 9.17) is 0 Å². The number of hydrogen-bond acceptors (Lipinski definition) is 5. The Labute approximate surface area is 228 Å². The summed E-state index contributed by atoms with van der Waals surface area (Å²) in [4.78, 5) is 29.1. The van der Waals surface area contributed by atoms with E-state index in [1.165, 1.54) is 17.0 Å². The molecule has 1 aliphatic heterocycles. The highest BCUT2D eigenvalue weighted by atomic mass is 19.4. The fourth-order valence-corrected chi connectivity index (χ4v) is 5.79. The second-order valence-electron chi connectivity index (χ2n) is 10.9. The van der Waals surface area contributed by atoms with Gasteiger partial charge >= 0.3 is 11.9 Å². The number of likely N-dealkylation sites (N-methyl/N-ethyl adjacent to an activating group) is 1. The summed E-state index contributed by atoms with van der Waals surface area (Å²) in [5.74, 6) is 1.08. The number of piperazine rings is 1. The molecule has 9 nitrogen and oxygen atoms in total. The van der Waals surface area contributed by atoms with Crippen LogP contribution in [-0.4, -0.2) is 66.1 Å². The molecular formula is C28H30F3N7O2. The van der Waals surface area contributed by atoms with Crippen molar-refractivity contribution in [3.05, 3.63) is 82.1 Å². The molecule has 0 spiro atoms. The molecule has 1 amide bonds. The van der Waals surface area contributed by atoms with E-state index in [2.05, 4.69) is 10.2 Å². The van der Waals surface area contributed by atoms with Crippen molar-refractivity contribution >= 4 is 11.4 Å². The molecule has 1 atom stereocenters. The van der Waals surface area contributed by atoms with Gasteiger partial charge in [0, 0.05) is 52.0 Å². The van der Waals surface area contributed by atoms with Gasteiger partial charge in [0.05, 0.1) is 23.3 Å². The molecule has 0 radical (unpaired) electrons. The maximum atomic E-state index is 14.2. The van der Waals surface area contributed by atoms with Crippen molar-refractivity contribution in [2.75, 3.05) is 26.7 Å². The van der Waals surface area contributed by atoms with Gasteiger partial charge in [-0.3, -0.25) is 18.7 Å². The lowest BCUT2D eigenvalue weighted by atomic mass is 9.72. The van der Waals surface area contributed by atoms with Gasteiger partial charge in [0.1, 0.15) is 12.2 Å². The number of alkyl halides is 3. The smallest absolute Gasteiger partial charge is 0.343 e. The number of rotatable bonds is 6.